The first-order valence-electron chi connectivity index (χ1n) is 7.17. The molecule has 0 aliphatic rings. The van der Waals surface area contributed by atoms with Crippen LogP contribution >= 0.6 is 0 Å². The fraction of sp³-hybridized carbons (Fsp3) is 0.353. The van der Waals surface area contributed by atoms with E-state index in [1.807, 2.05) is 39.8 Å². The summed E-state index contributed by atoms with van der Waals surface area (Å²) >= 11 is 0. The summed E-state index contributed by atoms with van der Waals surface area (Å²) in [5.74, 6) is -0.268. The molecule has 2 rings (SSSR count). The first-order chi connectivity index (χ1) is 10.3. The molecular formula is C17H21FN2OS. The van der Waals surface area contributed by atoms with Crippen molar-refractivity contribution < 1.29 is 8.60 Å². The van der Waals surface area contributed by atoms with Gasteiger partial charge in [-0.2, -0.15) is 0 Å². The van der Waals surface area contributed by atoms with Crippen molar-refractivity contribution in [3.05, 3.63) is 54.0 Å². The van der Waals surface area contributed by atoms with E-state index in [1.54, 1.807) is 18.3 Å². The predicted octanol–water partition coefficient (Wildman–Crippen LogP) is 4.00. The van der Waals surface area contributed by atoms with Crippen molar-refractivity contribution in [2.45, 2.75) is 38.5 Å². The minimum atomic E-state index is -1.14. The van der Waals surface area contributed by atoms with Gasteiger partial charge in [0.15, 0.2) is 0 Å². The van der Waals surface area contributed by atoms with Crippen molar-refractivity contribution in [1.82, 2.24) is 9.71 Å². The van der Waals surface area contributed by atoms with E-state index < -0.39 is 11.0 Å². The summed E-state index contributed by atoms with van der Waals surface area (Å²) in [5, 5.41) is 0. The van der Waals surface area contributed by atoms with E-state index in [9.17, 15) is 8.60 Å². The highest BCUT2D eigenvalue weighted by Gasteiger charge is 2.21. The summed E-state index contributed by atoms with van der Waals surface area (Å²) in [6.07, 6.45) is 1.71. The van der Waals surface area contributed by atoms with Crippen LogP contribution in [0.25, 0.3) is 11.3 Å². The lowest BCUT2D eigenvalue weighted by molar-refractivity contribution is 0.616. The van der Waals surface area contributed by atoms with E-state index in [4.69, 9.17) is 0 Å². The third kappa shape index (κ3) is 4.21. The van der Waals surface area contributed by atoms with Crippen molar-refractivity contribution in [1.29, 1.82) is 0 Å². The van der Waals surface area contributed by atoms with Gasteiger partial charge in [0.1, 0.15) is 5.82 Å². The minimum Gasteiger partial charge on any atom is -0.256 e. The first-order valence-corrected chi connectivity index (χ1v) is 8.32. The van der Waals surface area contributed by atoms with Crippen LogP contribution in [0.4, 0.5) is 4.39 Å². The van der Waals surface area contributed by atoms with Crippen LogP contribution in [0.3, 0.4) is 0 Å². The highest BCUT2D eigenvalue weighted by atomic mass is 32.2. The number of aromatic nitrogens is 1. The molecule has 0 amide bonds. The molecule has 2 aromatic rings. The number of hydrogen-bond donors (Lipinski definition) is 1. The molecule has 0 fully saturated rings. The van der Waals surface area contributed by atoms with Gasteiger partial charge in [-0.1, -0.05) is 0 Å². The summed E-state index contributed by atoms with van der Waals surface area (Å²) in [6, 6.07) is 10.00. The van der Waals surface area contributed by atoms with E-state index in [-0.39, 0.29) is 16.6 Å². The van der Waals surface area contributed by atoms with Crippen LogP contribution in [0.1, 0.15) is 39.3 Å². The Bertz CT molecular complexity index is 665. The molecule has 1 unspecified atom stereocenters. The lowest BCUT2D eigenvalue weighted by Crippen LogP contribution is -2.34. The Morgan fingerprint density at radius 3 is 2.41 bits per heavy atom. The van der Waals surface area contributed by atoms with E-state index >= 15 is 0 Å². The molecule has 0 saturated carbocycles. The van der Waals surface area contributed by atoms with Crippen molar-refractivity contribution in [3.63, 3.8) is 0 Å². The van der Waals surface area contributed by atoms with Gasteiger partial charge in [-0.05, 0) is 69.7 Å². The molecule has 1 heterocycles. The normalized spacial score (nSPS) is 14.6. The molecule has 118 valence electrons. The zero-order chi connectivity index (χ0) is 16.3. The van der Waals surface area contributed by atoms with Gasteiger partial charge in [0.05, 0.1) is 21.4 Å². The highest BCUT2D eigenvalue weighted by molar-refractivity contribution is 7.84. The number of nitrogens with zero attached hydrogens (tertiary/aromatic N) is 1. The predicted molar refractivity (Wildman–Crippen MR) is 89.1 cm³/mol. The van der Waals surface area contributed by atoms with Crippen LogP contribution < -0.4 is 4.72 Å². The van der Waals surface area contributed by atoms with Gasteiger partial charge in [0.2, 0.25) is 0 Å². The van der Waals surface area contributed by atoms with Crippen LogP contribution in [0.15, 0.2) is 42.6 Å². The SMILES string of the molecule is CC(N[S@](=O)C(C)(C)C)c1ccnc(-c2ccc(F)cc2)c1. The average Bonchev–Trinajstić information content (AvgIpc) is 2.47. The van der Waals surface area contributed by atoms with E-state index in [1.165, 1.54) is 12.1 Å². The van der Waals surface area contributed by atoms with E-state index in [0.29, 0.717) is 0 Å². The molecule has 0 radical (unpaired) electrons. The summed E-state index contributed by atoms with van der Waals surface area (Å²) in [4.78, 5) is 4.32. The van der Waals surface area contributed by atoms with Gasteiger partial charge >= 0.3 is 0 Å². The molecule has 0 aliphatic carbocycles. The molecule has 1 aromatic carbocycles. The topological polar surface area (TPSA) is 42.0 Å². The Balaban J connectivity index is 2.21. The third-order valence-electron chi connectivity index (χ3n) is 3.26. The maximum absolute atomic E-state index is 13.0. The summed E-state index contributed by atoms with van der Waals surface area (Å²) in [7, 11) is -1.14. The maximum atomic E-state index is 13.0. The van der Waals surface area contributed by atoms with Crippen LogP contribution in [0.2, 0.25) is 0 Å². The van der Waals surface area contributed by atoms with Gasteiger partial charge in [0.25, 0.3) is 0 Å². The third-order valence-corrected chi connectivity index (χ3v) is 4.94. The quantitative estimate of drug-likeness (QED) is 0.925. The van der Waals surface area contributed by atoms with Crippen LogP contribution in [-0.4, -0.2) is 13.9 Å². The highest BCUT2D eigenvalue weighted by Crippen LogP contribution is 2.22. The van der Waals surface area contributed by atoms with Crippen molar-refractivity contribution in [2.24, 2.45) is 0 Å². The van der Waals surface area contributed by atoms with Gasteiger partial charge < -0.3 is 0 Å². The number of hydrogen-bond acceptors (Lipinski definition) is 2. The Labute approximate surface area is 133 Å². The molecule has 0 bridgehead atoms. The summed E-state index contributed by atoms with van der Waals surface area (Å²) in [5.41, 5.74) is 2.62. The standard InChI is InChI=1S/C17H21FN2OS/c1-12(20-22(21)17(2,3)4)14-9-10-19-16(11-14)13-5-7-15(18)8-6-13/h5-12,20H,1-4H3/t12?,22-/m1/s1. The number of halogens is 1. The van der Waals surface area contributed by atoms with Gasteiger partial charge in [-0.3, -0.25) is 4.98 Å². The van der Waals surface area contributed by atoms with Gasteiger partial charge in [-0.25, -0.2) is 13.3 Å². The lowest BCUT2D eigenvalue weighted by Gasteiger charge is -2.22. The number of pyridine rings is 1. The fourth-order valence-electron chi connectivity index (χ4n) is 1.90. The molecule has 1 aromatic heterocycles. The Hall–Kier alpha value is -1.59. The number of benzene rings is 1. The average molecular weight is 320 g/mol. The van der Waals surface area contributed by atoms with Gasteiger partial charge in [-0.15, -0.1) is 0 Å². The van der Waals surface area contributed by atoms with Crippen LogP contribution in [0, 0.1) is 5.82 Å². The summed E-state index contributed by atoms with van der Waals surface area (Å²) in [6.45, 7) is 7.76. The molecule has 5 heteroatoms. The van der Waals surface area contributed by atoms with Crippen molar-refractivity contribution in [3.8, 4) is 11.3 Å². The van der Waals surface area contributed by atoms with E-state index in [0.717, 1.165) is 16.8 Å². The largest absolute Gasteiger partial charge is 0.256 e. The second-order valence-corrected chi connectivity index (χ2v) is 8.20. The lowest BCUT2D eigenvalue weighted by atomic mass is 10.1. The van der Waals surface area contributed by atoms with Crippen LogP contribution in [0.5, 0.6) is 0 Å². The zero-order valence-corrected chi connectivity index (χ0v) is 14.1. The van der Waals surface area contributed by atoms with Crippen LogP contribution in [-0.2, 0) is 11.0 Å². The summed E-state index contributed by atoms with van der Waals surface area (Å²) < 4.78 is 28.0. The monoisotopic (exact) mass is 320 g/mol. The maximum Gasteiger partial charge on any atom is 0.123 e. The van der Waals surface area contributed by atoms with E-state index in [2.05, 4.69) is 9.71 Å². The Kier molecular flexibility index (Phi) is 5.08. The Morgan fingerprint density at radius 1 is 1.18 bits per heavy atom. The molecule has 1 N–H and O–H groups in total. The second-order valence-electron chi connectivity index (χ2n) is 6.20. The zero-order valence-electron chi connectivity index (χ0n) is 13.3. The first kappa shape index (κ1) is 16.8. The van der Waals surface area contributed by atoms with Gasteiger partial charge in [0, 0.05) is 17.8 Å². The molecule has 22 heavy (non-hydrogen) atoms. The number of nitrogens with one attached hydrogen (secondary N) is 1. The molecular weight excluding hydrogens is 299 g/mol. The van der Waals surface area contributed by atoms with Crippen molar-refractivity contribution in [2.75, 3.05) is 0 Å². The van der Waals surface area contributed by atoms with Crippen molar-refractivity contribution >= 4 is 11.0 Å². The molecule has 0 saturated heterocycles. The molecule has 3 nitrogen and oxygen atoms in total. The second kappa shape index (κ2) is 6.67. The smallest absolute Gasteiger partial charge is 0.123 e. The molecule has 0 aliphatic heterocycles. The molecule has 0 spiro atoms. The number of rotatable bonds is 4. The molecule has 2 atom stereocenters. The fourth-order valence-corrected chi connectivity index (χ4v) is 2.71. The minimum absolute atomic E-state index is 0.0674. The Morgan fingerprint density at radius 2 is 1.82 bits per heavy atom.